The largest absolute Gasteiger partial charge is 0.497 e. The van der Waals surface area contributed by atoms with E-state index in [9.17, 15) is 0 Å². The fraction of sp³-hybridized carbons (Fsp3) is 0.121. The minimum absolute atomic E-state index is 0.257. The van der Waals surface area contributed by atoms with Gasteiger partial charge in [-0.05, 0) is 67.1 Å². The van der Waals surface area contributed by atoms with Crippen LogP contribution in [-0.4, -0.2) is 35.7 Å². The third kappa shape index (κ3) is 4.28. The Morgan fingerprint density at radius 3 is 2.43 bits per heavy atom. The highest BCUT2D eigenvalue weighted by molar-refractivity contribution is 6.51. The third-order valence-electron chi connectivity index (χ3n) is 7.46. The number of fused-ring (bicyclic) bond motifs is 4. The van der Waals surface area contributed by atoms with Gasteiger partial charge in [0.25, 0.3) is 0 Å². The molecule has 0 aliphatic carbocycles. The van der Waals surface area contributed by atoms with Crippen molar-refractivity contribution in [3.63, 3.8) is 0 Å². The lowest BCUT2D eigenvalue weighted by molar-refractivity contribution is 0.414. The number of anilines is 2. The fourth-order valence-corrected chi connectivity index (χ4v) is 5.81. The van der Waals surface area contributed by atoms with Crippen molar-refractivity contribution in [2.24, 2.45) is 9.98 Å². The molecule has 42 heavy (non-hydrogen) atoms. The molecule has 8 nitrogen and oxygen atoms in total. The molecule has 0 unspecified atom stereocenters. The van der Waals surface area contributed by atoms with Crippen LogP contribution >= 0.6 is 11.6 Å². The Morgan fingerprint density at radius 1 is 0.833 bits per heavy atom. The molecule has 1 aromatic heterocycles. The van der Waals surface area contributed by atoms with Crippen LogP contribution in [0.1, 0.15) is 22.9 Å². The van der Waals surface area contributed by atoms with Gasteiger partial charge in [-0.1, -0.05) is 54.1 Å². The lowest BCUT2D eigenvalue weighted by atomic mass is 9.93. The highest BCUT2D eigenvalue weighted by Gasteiger charge is 2.41. The van der Waals surface area contributed by atoms with Crippen molar-refractivity contribution < 1.29 is 9.47 Å². The maximum absolute atomic E-state index is 6.49. The van der Waals surface area contributed by atoms with Gasteiger partial charge >= 0.3 is 0 Å². The molecular formula is C33H27ClN6O2. The molecule has 0 spiro atoms. The molecular weight excluding hydrogens is 548 g/mol. The van der Waals surface area contributed by atoms with E-state index in [0.717, 1.165) is 51.1 Å². The average Bonchev–Trinajstić information content (AvgIpc) is 3.36. The second-order valence-corrected chi connectivity index (χ2v) is 10.4. The first-order valence-electron chi connectivity index (χ1n) is 13.5. The summed E-state index contributed by atoms with van der Waals surface area (Å²) in [7, 11) is 3.28. The van der Waals surface area contributed by atoms with Crippen molar-refractivity contribution >= 4 is 46.2 Å². The van der Waals surface area contributed by atoms with Crippen LogP contribution in [0.4, 0.5) is 22.9 Å². The number of benzene rings is 4. The van der Waals surface area contributed by atoms with E-state index in [1.165, 1.54) is 0 Å². The van der Waals surface area contributed by atoms with Crippen LogP contribution < -0.4 is 19.7 Å². The first kappa shape index (κ1) is 25.9. The van der Waals surface area contributed by atoms with E-state index in [4.69, 9.17) is 36.2 Å². The Morgan fingerprint density at radius 2 is 1.64 bits per heavy atom. The van der Waals surface area contributed by atoms with Gasteiger partial charge in [-0.25, -0.2) is 14.7 Å². The second-order valence-electron chi connectivity index (χ2n) is 9.98. The number of hydrogen-bond donors (Lipinski definition) is 1. The van der Waals surface area contributed by atoms with Crippen LogP contribution in [0.15, 0.2) is 107 Å². The molecule has 0 saturated heterocycles. The summed E-state index contributed by atoms with van der Waals surface area (Å²) >= 11 is 6.49. The zero-order chi connectivity index (χ0) is 28.8. The Balaban J connectivity index is 1.48. The minimum Gasteiger partial charge on any atom is -0.497 e. The van der Waals surface area contributed by atoms with Gasteiger partial charge in [0.05, 0.1) is 48.0 Å². The third-order valence-corrected chi connectivity index (χ3v) is 7.76. The summed E-state index contributed by atoms with van der Waals surface area (Å²) in [5, 5.41) is 8.98. The van der Waals surface area contributed by atoms with Gasteiger partial charge < -0.3 is 19.7 Å². The summed E-state index contributed by atoms with van der Waals surface area (Å²) in [5.74, 6) is 3.38. The minimum atomic E-state index is -0.257. The van der Waals surface area contributed by atoms with Crippen LogP contribution in [0.3, 0.4) is 0 Å². The molecule has 7 rings (SSSR count). The number of ether oxygens (including phenoxy) is 2. The van der Waals surface area contributed by atoms with Crippen LogP contribution in [0.25, 0.3) is 5.69 Å². The van der Waals surface area contributed by atoms with Crippen molar-refractivity contribution in [1.82, 2.24) is 9.78 Å². The molecule has 0 fully saturated rings. The van der Waals surface area contributed by atoms with Crippen LogP contribution in [0.5, 0.6) is 11.5 Å². The van der Waals surface area contributed by atoms with Crippen molar-refractivity contribution in [1.29, 1.82) is 0 Å². The molecule has 5 aromatic rings. The van der Waals surface area contributed by atoms with E-state index in [1.807, 2.05) is 90.5 Å². The Kier molecular flexibility index (Phi) is 6.40. The number of aromatic nitrogens is 2. The SMILES string of the molecule is COc1cccc([C@@H]2c3c(C)nn(-c4ccccc4)c3N=C3C(Nc4ccc(OC)c(Cl)c4)=Nc4ccccc4N32)c1. The lowest BCUT2D eigenvalue weighted by Gasteiger charge is -2.40. The summed E-state index contributed by atoms with van der Waals surface area (Å²) in [6, 6.07) is 31.6. The van der Waals surface area contributed by atoms with Crippen molar-refractivity contribution in [2.75, 3.05) is 24.4 Å². The fourth-order valence-electron chi connectivity index (χ4n) is 5.55. The van der Waals surface area contributed by atoms with E-state index in [2.05, 4.69) is 28.4 Å². The Hall–Kier alpha value is -5.08. The number of halogens is 1. The van der Waals surface area contributed by atoms with Crippen molar-refractivity contribution in [3.05, 3.63) is 119 Å². The van der Waals surface area contributed by atoms with Gasteiger partial charge in [0, 0.05) is 11.3 Å². The standard InChI is InChI=1S/C33H27ClN6O2/c1-20-29-30(21-10-9-13-24(18-21)41-2)39-27-15-8-7-14-26(27)36-31(35-22-16-17-28(42-3)25(34)19-22)33(39)37-32(29)40(38-20)23-11-5-4-6-12-23/h4-19,30H,1-3H3,(H,35,36)/t30-/m1/s1. The molecule has 0 saturated carbocycles. The van der Waals surface area contributed by atoms with E-state index in [-0.39, 0.29) is 6.04 Å². The monoisotopic (exact) mass is 574 g/mol. The number of aryl methyl sites for hydroxylation is 1. The summed E-state index contributed by atoms with van der Waals surface area (Å²) < 4.78 is 12.9. The van der Waals surface area contributed by atoms with Gasteiger partial charge in [0.1, 0.15) is 11.5 Å². The maximum Gasteiger partial charge on any atom is 0.179 e. The number of amidine groups is 2. The summed E-state index contributed by atoms with van der Waals surface area (Å²) in [6.07, 6.45) is 0. The molecule has 0 amide bonds. The molecule has 1 N–H and O–H groups in total. The van der Waals surface area contributed by atoms with Gasteiger partial charge in [0.15, 0.2) is 17.5 Å². The van der Waals surface area contributed by atoms with Gasteiger partial charge in [-0.3, -0.25) is 0 Å². The Labute approximate surface area is 248 Å². The van der Waals surface area contributed by atoms with Crippen LogP contribution in [0.2, 0.25) is 5.02 Å². The normalized spacial score (nSPS) is 15.1. The number of rotatable bonds is 5. The zero-order valence-corrected chi connectivity index (χ0v) is 24.0. The number of methoxy groups -OCH3 is 2. The molecule has 1 atom stereocenters. The first-order valence-corrected chi connectivity index (χ1v) is 13.9. The molecule has 3 heterocycles. The van der Waals surface area contributed by atoms with Gasteiger partial charge in [-0.2, -0.15) is 5.10 Å². The number of hydrogen-bond acceptors (Lipinski definition) is 7. The van der Waals surface area contributed by atoms with Gasteiger partial charge in [0.2, 0.25) is 0 Å². The highest BCUT2D eigenvalue weighted by atomic mass is 35.5. The number of nitrogens with one attached hydrogen (secondary N) is 1. The topological polar surface area (TPSA) is 76.3 Å². The molecule has 0 bridgehead atoms. The van der Waals surface area contributed by atoms with E-state index in [1.54, 1.807) is 14.2 Å². The molecule has 2 aliphatic heterocycles. The molecule has 208 valence electrons. The van der Waals surface area contributed by atoms with E-state index < -0.39 is 0 Å². The van der Waals surface area contributed by atoms with Crippen LogP contribution in [-0.2, 0) is 0 Å². The van der Waals surface area contributed by atoms with E-state index in [0.29, 0.717) is 22.4 Å². The van der Waals surface area contributed by atoms with E-state index >= 15 is 0 Å². The highest BCUT2D eigenvalue weighted by Crippen LogP contribution is 2.48. The predicted octanol–water partition coefficient (Wildman–Crippen LogP) is 7.65. The molecule has 2 aliphatic rings. The molecule has 9 heteroatoms. The smallest absolute Gasteiger partial charge is 0.179 e. The number of nitrogens with zero attached hydrogens (tertiary/aromatic N) is 5. The quantitative estimate of drug-likeness (QED) is 0.233. The summed E-state index contributed by atoms with van der Waals surface area (Å²) in [4.78, 5) is 12.6. The maximum atomic E-state index is 6.49. The average molecular weight is 575 g/mol. The molecule has 0 radical (unpaired) electrons. The summed E-state index contributed by atoms with van der Waals surface area (Å²) in [5.41, 5.74) is 6.40. The predicted molar refractivity (Wildman–Crippen MR) is 168 cm³/mol. The molecule has 4 aromatic carbocycles. The van der Waals surface area contributed by atoms with Crippen molar-refractivity contribution in [2.45, 2.75) is 13.0 Å². The zero-order valence-electron chi connectivity index (χ0n) is 23.2. The number of aliphatic imine (C=N–C) groups is 2. The van der Waals surface area contributed by atoms with Crippen molar-refractivity contribution in [3.8, 4) is 17.2 Å². The first-order chi connectivity index (χ1) is 20.6. The van der Waals surface area contributed by atoms with Crippen LogP contribution in [0, 0.1) is 6.92 Å². The second kappa shape index (κ2) is 10.4. The Bertz CT molecular complexity index is 1880. The lowest BCUT2D eigenvalue weighted by Crippen LogP contribution is -2.46. The summed E-state index contributed by atoms with van der Waals surface area (Å²) in [6.45, 7) is 2.04. The van der Waals surface area contributed by atoms with Gasteiger partial charge in [-0.15, -0.1) is 0 Å². The number of para-hydroxylation sites is 3.